The summed E-state index contributed by atoms with van der Waals surface area (Å²) in [7, 11) is 0. The number of thiocarbonyl (C=S) groups is 1. The molecule has 0 aliphatic heterocycles. The number of rotatable bonds is 0. The first-order chi connectivity index (χ1) is 1.41. The van der Waals surface area contributed by atoms with Crippen LogP contribution in [0.3, 0.4) is 0 Å². The molecule has 0 aromatic rings. The van der Waals surface area contributed by atoms with Crippen LogP contribution in [0.5, 0.6) is 0 Å². The summed E-state index contributed by atoms with van der Waals surface area (Å²) in [5.41, 5.74) is 6.25. The smallest absolute Gasteiger partial charge is 0 e. The van der Waals surface area contributed by atoms with Gasteiger partial charge in [-0.3, -0.25) is 0 Å². The minimum atomic E-state index is 0. The topological polar surface area (TPSA) is 26.0 Å². The van der Waals surface area contributed by atoms with Crippen LogP contribution in [-0.4, -0.2) is 5.49 Å². The Morgan fingerprint density at radius 1 is 1.75 bits per heavy atom. The van der Waals surface area contributed by atoms with Crippen molar-refractivity contribution in [3.8, 4) is 0 Å². The second-order valence-electron chi connectivity index (χ2n) is 0.118. The molecular weight excluding hydrogens is 161 g/mol. The monoisotopic (exact) mass is 163 g/mol. The van der Waals surface area contributed by atoms with Gasteiger partial charge in [0.15, 0.2) is 0 Å². The van der Waals surface area contributed by atoms with E-state index in [4.69, 9.17) is 0 Å². The van der Waals surface area contributed by atoms with Crippen LogP contribution in [0.15, 0.2) is 0 Å². The molecule has 0 fully saturated rings. The van der Waals surface area contributed by atoms with Gasteiger partial charge in [0.2, 0.25) is 0 Å². The van der Waals surface area contributed by atoms with Crippen molar-refractivity contribution in [2.24, 2.45) is 5.73 Å². The van der Waals surface area contributed by atoms with E-state index in [-0.39, 0.29) is 19.5 Å². The van der Waals surface area contributed by atoms with Crippen molar-refractivity contribution >= 4 is 17.7 Å². The predicted octanol–water partition coefficient (Wildman–Crippen LogP) is -0.223. The molecule has 0 saturated heterocycles. The maximum atomic E-state index is 4.41. The van der Waals surface area contributed by atoms with E-state index < -0.39 is 0 Å². The van der Waals surface area contributed by atoms with Gasteiger partial charge in [0.25, 0.3) is 0 Å². The minimum Gasteiger partial charge on any atom is -0.570 e. The van der Waals surface area contributed by atoms with Gasteiger partial charge in [-0.15, -0.1) is 0 Å². The molecule has 1 radical (unpaired) electrons. The van der Waals surface area contributed by atoms with Gasteiger partial charge >= 0.3 is 0 Å². The Labute approximate surface area is 43.3 Å². The molecule has 1 nitrogen and oxygen atoms in total. The molecule has 3 heteroatoms. The molecule has 0 aliphatic carbocycles. The maximum absolute atomic E-state index is 4.41. The number of hydrogen-bond acceptors (Lipinski definition) is 1. The Balaban J connectivity index is 0. The SMILES string of the molecule is N[C-]=S.[Rh]. The molecule has 0 saturated carbocycles. The van der Waals surface area contributed by atoms with Gasteiger partial charge < -0.3 is 23.4 Å². The summed E-state index contributed by atoms with van der Waals surface area (Å²) in [4.78, 5) is 0. The van der Waals surface area contributed by atoms with Gasteiger partial charge in [-0.2, -0.15) is 0 Å². The Kier molecular flexibility index (Phi) is 21.4. The fraction of sp³-hybridized carbons (Fsp3) is 0. The van der Waals surface area contributed by atoms with Crippen LogP contribution in [-0.2, 0) is 19.5 Å². The van der Waals surface area contributed by atoms with Gasteiger partial charge in [0.05, 0.1) is 0 Å². The van der Waals surface area contributed by atoms with E-state index >= 15 is 0 Å². The molecule has 0 amide bonds. The summed E-state index contributed by atoms with van der Waals surface area (Å²) in [6.07, 6.45) is 0. The zero-order valence-corrected chi connectivity index (χ0v) is 4.27. The first-order valence-electron chi connectivity index (χ1n) is 0.493. The van der Waals surface area contributed by atoms with Gasteiger partial charge in [-0.25, -0.2) is 0 Å². The van der Waals surface area contributed by atoms with Gasteiger partial charge in [-0.05, 0) is 0 Å². The molecule has 0 aromatic heterocycles. The van der Waals surface area contributed by atoms with Gasteiger partial charge in [-0.1, -0.05) is 0 Å². The zero-order chi connectivity index (χ0) is 2.71. The van der Waals surface area contributed by atoms with Gasteiger partial charge in [0, 0.05) is 19.5 Å². The van der Waals surface area contributed by atoms with Crippen LogP contribution in [0.1, 0.15) is 0 Å². The average Bonchev–Trinajstić information content (AvgIpc) is 0.918. The maximum Gasteiger partial charge on any atom is 0 e. The minimum absolute atomic E-state index is 0. The summed E-state index contributed by atoms with van der Waals surface area (Å²) in [5.74, 6) is 0. The van der Waals surface area contributed by atoms with E-state index in [1.807, 2.05) is 5.49 Å². The normalized spacial score (nSPS) is 3.00. The molecule has 2 N–H and O–H groups in total. The number of hydrogen-bond donors (Lipinski definition) is 1. The fourth-order valence-corrected chi connectivity index (χ4v) is 0. The van der Waals surface area contributed by atoms with Crippen molar-refractivity contribution in [1.82, 2.24) is 0 Å². The zero-order valence-electron chi connectivity index (χ0n) is 1.82. The molecule has 27 valence electrons. The van der Waals surface area contributed by atoms with E-state index in [2.05, 4.69) is 18.0 Å². The van der Waals surface area contributed by atoms with Crippen LogP contribution in [0.25, 0.3) is 0 Å². The van der Waals surface area contributed by atoms with Crippen LogP contribution >= 0.6 is 12.2 Å². The van der Waals surface area contributed by atoms with Crippen LogP contribution in [0.4, 0.5) is 0 Å². The van der Waals surface area contributed by atoms with E-state index in [0.717, 1.165) is 0 Å². The van der Waals surface area contributed by atoms with E-state index in [1.165, 1.54) is 0 Å². The predicted molar refractivity (Wildman–Crippen MR) is 16.8 cm³/mol. The number of nitrogens with two attached hydrogens (primary N) is 1. The van der Waals surface area contributed by atoms with Crippen molar-refractivity contribution in [3.63, 3.8) is 0 Å². The molecule has 0 aliphatic rings. The van der Waals surface area contributed by atoms with E-state index in [0.29, 0.717) is 0 Å². The summed E-state index contributed by atoms with van der Waals surface area (Å²) >= 11 is 3.92. The first-order valence-corrected chi connectivity index (χ1v) is 0.901. The first kappa shape index (κ1) is 8.82. The quantitative estimate of drug-likeness (QED) is 0.231. The van der Waals surface area contributed by atoms with Crippen molar-refractivity contribution in [2.75, 3.05) is 0 Å². The Hall–Kier alpha value is 0.513. The molecule has 0 atom stereocenters. The molecule has 0 bridgehead atoms. The molecule has 4 heavy (non-hydrogen) atoms. The third kappa shape index (κ3) is 21.8. The van der Waals surface area contributed by atoms with Crippen LogP contribution in [0, 0.1) is 0 Å². The molecular formula is CH2NRhS-. The summed E-state index contributed by atoms with van der Waals surface area (Å²) < 4.78 is 0. The molecule has 0 aromatic carbocycles. The Bertz CT molecular complexity index is 15.5. The third-order valence-corrected chi connectivity index (χ3v) is 0. The molecule has 0 unspecified atom stereocenters. The average molecular weight is 163 g/mol. The van der Waals surface area contributed by atoms with Crippen molar-refractivity contribution < 1.29 is 19.5 Å². The van der Waals surface area contributed by atoms with Crippen molar-refractivity contribution in [3.05, 3.63) is 0 Å². The second kappa shape index (κ2) is 9.69. The largest absolute Gasteiger partial charge is 0.570 e. The molecule has 0 rings (SSSR count). The van der Waals surface area contributed by atoms with E-state index in [1.54, 1.807) is 0 Å². The van der Waals surface area contributed by atoms with Gasteiger partial charge in [0.1, 0.15) is 0 Å². The molecule has 0 heterocycles. The summed E-state index contributed by atoms with van der Waals surface area (Å²) in [5, 5.41) is 0. The second-order valence-corrected chi connectivity index (χ2v) is 0.354. The van der Waals surface area contributed by atoms with E-state index in [9.17, 15) is 0 Å². The van der Waals surface area contributed by atoms with Crippen LogP contribution < -0.4 is 5.73 Å². The molecule has 0 spiro atoms. The third-order valence-electron chi connectivity index (χ3n) is 0. The van der Waals surface area contributed by atoms with Crippen molar-refractivity contribution in [1.29, 1.82) is 0 Å². The fourth-order valence-electron chi connectivity index (χ4n) is 0. The summed E-state index contributed by atoms with van der Waals surface area (Å²) in [6.45, 7) is 0. The Morgan fingerprint density at radius 2 is 1.75 bits per heavy atom. The summed E-state index contributed by atoms with van der Waals surface area (Å²) in [6, 6.07) is 0. The Morgan fingerprint density at radius 3 is 1.75 bits per heavy atom. The van der Waals surface area contributed by atoms with Crippen LogP contribution in [0.2, 0.25) is 0 Å². The standard InChI is InChI=1S/CH2NS.Rh/c2-1-3;/h(H2,2,3);/q-1;. The van der Waals surface area contributed by atoms with Crippen molar-refractivity contribution in [2.45, 2.75) is 0 Å².